The van der Waals surface area contributed by atoms with E-state index < -0.39 is 11.4 Å². The number of Topliss-reactive ketones (excluding diaryl/α,β-unsaturated/α-hetero) is 1. The molecule has 0 saturated carbocycles. The fourth-order valence-electron chi connectivity index (χ4n) is 5.63. The summed E-state index contributed by atoms with van der Waals surface area (Å²) in [6.45, 7) is 9.10. The maximum absolute atomic E-state index is 14.1. The predicted molar refractivity (Wildman–Crippen MR) is 178 cm³/mol. The minimum atomic E-state index is -0.453. The van der Waals surface area contributed by atoms with Crippen LogP contribution in [-0.2, 0) is 11.3 Å². The molecule has 0 aliphatic carbocycles. The van der Waals surface area contributed by atoms with Crippen LogP contribution in [0.15, 0.2) is 71.7 Å². The van der Waals surface area contributed by atoms with Crippen LogP contribution < -0.4 is 15.8 Å². The molecule has 1 atom stereocenters. The molecule has 1 amide bonds. The molecule has 5 rings (SSSR count). The van der Waals surface area contributed by atoms with Gasteiger partial charge < -0.3 is 10.2 Å². The van der Waals surface area contributed by atoms with E-state index in [0.29, 0.717) is 46.5 Å². The van der Waals surface area contributed by atoms with Crippen LogP contribution in [0.5, 0.6) is 0 Å². The van der Waals surface area contributed by atoms with Crippen LogP contribution in [0.2, 0.25) is 0 Å². The van der Waals surface area contributed by atoms with Gasteiger partial charge in [-0.25, -0.2) is 9.37 Å². The van der Waals surface area contributed by atoms with Gasteiger partial charge in [0.2, 0.25) is 5.91 Å². The van der Waals surface area contributed by atoms with E-state index in [1.807, 2.05) is 32.0 Å². The number of halogens is 1. The zero-order valence-electron chi connectivity index (χ0n) is 26.7. The van der Waals surface area contributed by atoms with Crippen LogP contribution in [0.3, 0.4) is 0 Å². The summed E-state index contributed by atoms with van der Waals surface area (Å²) in [5, 5.41) is 2.75. The minimum Gasteiger partial charge on any atom is -0.372 e. The molecule has 9 heteroatoms. The number of aryl methyl sites for hydroxylation is 1. The van der Waals surface area contributed by atoms with Crippen LogP contribution in [0.1, 0.15) is 83.9 Å². The van der Waals surface area contributed by atoms with Gasteiger partial charge in [-0.2, -0.15) is 0 Å². The van der Waals surface area contributed by atoms with Crippen molar-refractivity contribution in [3.05, 3.63) is 111 Å². The summed E-state index contributed by atoms with van der Waals surface area (Å²) in [5.74, 6) is -0.964. The van der Waals surface area contributed by atoms with Crippen LogP contribution in [0, 0.1) is 18.7 Å². The molecule has 1 N–H and O–H groups in total. The Hall–Kier alpha value is -4.92. The molecule has 238 valence electrons. The number of rotatable bonds is 11. The van der Waals surface area contributed by atoms with Crippen molar-refractivity contribution < 1.29 is 18.8 Å². The lowest BCUT2D eigenvalue weighted by atomic mass is 9.99. The molecular weight excluding hydrogens is 583 g/mol. The minimum absolute atomic E-state index is 0.0326. The van der Waals surface area contributed by atoms with E-state index in [1.165, 1.54) is 35.0 Å². The molecule has 46 heavy (non-hydrogen) atoms. The van der Waals surface area contributed by atoms with E-state index in [0.717, 1.165) is 37.2 Å². The maximum Gasteiger partial charge on any atom is 0.277 e. The lowest BCUT2D eigenvalue weighted by molar-refractivity contribution is -0.119. The number of carbonyl (C=O) groups is 3. The molecule has 4 aromatic rings. The summed E-state index contributed by atoms with van der Waals surface area (Å²) in [5.41, 5.74) is 3.87. The summed E-state index contributed by atoms with van der Waals surface area (Å²) in [7, 11) is 0. The lowest BCUT2D eigenvalue weighted by Gasteiger charge is -2.21. The lowest BCUT2D eigenvalue weighted by Crippen LogP contribution is -2.30. The number of benzene rings is 3. The van der Waals surface area contributed by atoms with Crippen molar-refractivity contribution in [2.45, 2.75) is 59.9 Å². The predicted octanol–water partition coefficient (Wildman–Crippen LogP) is 6.81. The molecule has 0 bridgehead atoms. The summed E-state index contributed by atoms with van der Waals surface area (Å²) in [6, 6.07) is 16.3. The number of hydrogen-bond donors (Lipinski definition) is 1. The highest BCUT2D eigenvalue weighted by atomic mass is 19.1. The molecule has 8 nitrogen and oxygen atoms in total. The molecule has 0 unspecified atom stereocenters. The number of aromatic nitrogens is 2. The summed E-state index contributed by atoms with van der Waals surface area (Å²) in [4.78, 5) is 60.1. The Morgan fingerprint density at radius 2 is 1.63 bits per heavy atom. The van der Waals surface area contributed by atoms with Crippen molar-refractivity contribution in [1.29, 1.82) is 0 Å². The van der Waals surface area contributed by atoms with Crippen LogP contribution in [0.25, 0.3) is 11.4 Å². The van der Waals surface area contributed by atoms with Gasteiger partial charge in [0.05, 0.1) is 12.7 Å². The van der Waals surface area contributed by atoms with Crippen molar-refractivity contribution in [2.75, 3.05) is 23.3 Å². The van der Waals surface area contributed by atoms with E-state index in [4.69, 9.17) is 0 Å². The highest BCUT2D eigenvalue weighted by Crippen LogP contribution is 2.28. The van der Waals surface area contributed by atoms with Crippen molar-refractivity contribution in [3.8, 4) is 11.4 Å². The van der Waals surface area contributed by atoms with Crippen molar-refractivity contribution in [1.82, 2.24) is 9.55 Å². The standard InChI is InChI=1S/C37H39FN4O4/c1-5-23(3)36(45)40-32-21-39-35(31-20-27(33(43)6-2)10-9-24(31)4)42(37(32)46)22-25-17-28(19-30(18-25)41-15-7-8-16-41)34(44)26-11-13-29(38)14-12-26/h9-14,17-21,23H,5-8,15-16,22H2,1-4H3,(H,40,45)/t23-/m1/s1. The molecule has 2 heterocycles. The first-order chi connectivity index (χ1) is 22.1. The van der Waals surface area contributed by atoms with Gasteiger partial charge in [0.25, 0.3) is 5.56 Å². The SMILES string of the molecule is CCC(=O)c1ccc(C)c(-c2ncc(NC(=O)[C@H](C)CC)c(=O)n2Cc2cc(C(=O)c3ccc(F)cc3)cc(N3CCCC3)c2)c1. The Kier molecular flexibility index (Phi) is 9.90. The third kappa shape index (κ3) is 6.98. The Morgan fingerprint density at radius 1 is 0.935 bits per heavy atom. The summed E-state index contributed by atoms with van der Waals surface area (Å²) >= 11 is 0. The largest absolute Gasteiger partial charge is 0.372 e. The van der Waals surface area contributed by atoms with Gasteiger partial charge in [-0.15, -0.1) is 0 Å². The Balaban J connectivity index is 1.66. The Labute approximate surface area is 268 Å². The molecule has 1 aromatic heterocycles. The molecule has 3 aromatic carbocycles. The van der Waals surface area contributed by atoms with E-state index >= 15 is 0 Å². The Morgan fingerprint density at radius 3 is 2.30 bits per heavy atom. The molecule has 1 aliphatic heterocycles. The second-order valence-electron chi connectivity index (χ2n) is 11.9. The summed E-state index contributed by atoms with van der Waals surface area (Å²) < 4.78 is 15.1. The topological polar surface area (TPSA) is 101 Å². The number of carbonyl (C=O) groups excluding carboxylic acids is 3. The second kappa shape index (κ2) is 14.0. The van der Waals surface area contributed by atoms with Gasteiger partial charge in [0, 0.05) is 53.4 Å². The number of ketones is 2. The van der Waals surface area contributed by atoms with Gasteiger partial charge in [-0.3, -0.25) is 23.7 Å². The van der Waals surface area contributed by atoms with Crippen molar-refractivity contribution in [2.24, 2.45) is 5.92 Å². The number of nitrogens with zero attached hydrogens (tertiary/aromatic N) is 3. The normalized spacial score (nSPS) is 13.5. The van der Waals surface area contributed by atoms with E-state index in [2.05, 4.69) is 15.2 Å². The first kappa shape index (κ1) is 32.5. The van der Waals surface area contributed by atoms with Crippen LogP contribution in [-0.4, -0.2) is 40.1 Å². The molecular formula is C37H39FN4O4. The summed E-state index contributed by atoms with van der Waals surface area (Å²) in [6.07, 6.45) is 4.37. The first-order valence-electron chi connectivity index (χ1n) is 15.8. The highest BCUT2D eigenvalue weighted by Gasteiger charge is 2.21. The highest BCUT2D eigenvalue weighted by molar-refractivity contribution is 6.09. The molecule has 1 aliphatic rings. The van der Waals surface area contributed by atoms with Crippen molar-refractivity contribution in [3.63, 3.8) is 0 Å². The number of hydrogen-bond acceptors (Lipinski definition) is 6. The second-order valence-corrected chi connectivity index (χ2v) is 11.9. The third-order valence-corrected chi connectivity index (χ3v) is 8.64. The zero-order valence-corrected chi connectivity index (χ0v) is 26.7. The fraction of sp³-hybridized carbons (Fsp3) is 0.324. The molecule has 1 saturated heterocycles. The van der Waals surface area contributed by atoms with E-state index in [-0.39, 0.29) is 35.6 Å². The average molecular weight is 623 g/mol. The average Bonchev–Trinajstić information content (AvgIpc) is 3.61. The van der Waals surface area contributed by atoms with E-state index in [9.17, 15) is 23.6 Å². The van der Waals surface area contributed by atoms with E-state index in [1.54, 1.807) is 32.0 Å². The number of amides is 1. The molecule has 0 radical (unpaired) electrons. The van der Waals surface area contributed by atoms with Gasteiger partial charge in [-0.05, 0) is 85.8 Å². The fourth-order valence-corrected chi connectivity index (χ4v) is 5.63. The monoisotopic (exact) mass is 622 g/mol. The number of anilines is 2. The third-order valence-electron chi connectivity index (χ3n) is 8.64. The quantitative estimate of drug-likeness (QED) is 0.184. The number of nitrogens with one attached hydrogen (secondary N) is 1. The van der Waals surface area contributed by atoms with Gasteiger partial charge in [0.15, 0.2) is 11.6 Å². The van der Waals surface area contributed by atoms with Gasteiger partial charge in [-0.1, -0.05) is 32.9 Å². The maximum atomic E-state index is 14.1. The van der Waals surface area contributed by atoms with Gasteiger partial charge >= 0.3 is 0 Å². The Bertz CT molecular complexity index is 1840. The first-order valence-corrected chi connectivity index (χ1v) is 15.8. The van der Waals surface area contributed by atoms with Gasteiger partial charge in [0.1, 0.15) is 17.3 Å². The van der Waals surface area contributed by atoms with Crippen LogP contribution >= 0.6 is 0 Å². The zero-order chi connectivity index (χ0) is 33.0. The van der Waals surface area contributed by atoms with Crippen molar-refractivity contribution >= 4 is 28.8 Å². The molecule has 1 fully saturated rings. The van der Waals surface area contributed by atoms with Crippen LogP contribution in [0.4, 0.5) is 15.8 Å². The molecule has 0 spiro atoms. The smallest absolute Gasteiger partial charge is 0.277 e.